The van der Waals surface area contributed by atoms with Crippen LogP contribution >= 0.6 is 0 Å². The highest BCUT2D eigenvalue weighted by Gasteiger charge is 2.35. The van der Waals surface area contributed by atoms with E-state index >= 15 is 0 Å². The third-order valence-corrected chi connectivity index (χ3v) is 6.85. The summed E-state index contributed by atoms with van der Waals surface area (Å²) in [7, 11) is 2.77. The number of hydrogen-bond acceptors (Lipinski definition) is 6. The summed E-state index contributed by atoms with van der Waals surface area (Å²) in [5.74, 6) is -0.899. The van der Waals surface area contributed by atoms with Gasteiger partial charge in [-0.2, -0.15) is 0 Å². The topological polar surface area (TPSA) is 59.1 Å². The Labute approximate surface area is 234 Å². The summed E-state index contributed by atoms with van der Waals surface area (Å²) in [4.78, 5) is 31.0. The molecule has 0 heterocycles. The molecular weight excluding hydrogens is 500 g/mol. The van der Waals surface area contributed by atoms with Crippen LogP contribution < -0.4 is 9.80 Å². The largest absolute Gasteiger partial charge is 0.466 e. The minimum Gasteiger partial charge on any atom is -0.466 e. The van der Waals surface area contributed by atoms with E-state index in [-0.39, 0.29) is 12.8 Å². The predicted octanol–water partition coefficient (Wildman–Crippen LogP) is 7.31. The Bertz CT molecular complexity index is 1330. The quantitative estimate of drug-likeness (QED) is 0.223. The van der Waals surface area contributed by atoms with Gasteiger partial charge < -0.3 is 19.3 Å². The van der Waals surface area contributed by atoms with Crippen molar-refractivity contribution in [1.82, 2.24) is 0 Å². The van der Waals surface area contributed by atoms with Crippen LogP contribution in [-0.4, -0.2) is 26.2 Å². The van der Waals surface area contributed by atoms with E-state index in [0.717, 1.165) is 22.7 Å². The highest BCUT2D eigenvalue weighted by Crippen LogP contribution is 2.43. The van der Waals surface area contributed by atoms with Crippen LogP contribution in [-0.2, 0) is 19.1 Å². The molecule has 0 bridgehead atoms. The second-order valence-electron chi connectivity index (χ2n) is 9.20. The second-order valence-corrected chi connectivity index (χ2v) is 9.20. The first-order chi connectivity index (χ1) is 19.6. The molecule has 0 unspecified atom stereocenters. The smallest absolute Gasteiger partial charge is 0.335 e. The number of carbonyl (C=O) groups excluding carboxylic acids is 2. The van der Waals surface area contributed by atoms with Gasteiger partial charge in [0.1, 0.15) is 0 Å². The summed E-state index contributed by atoms with van der Waals surface area (Å²) in [6, 6.07) is 39.2. The minimum absolute atomic E-state index is 0.159. The summed E-state index contributed by atoms with van der Waals surface area (Å²) in [5.41, 5.74) is 5.70. The van der Waals surface area contributed by atoms with Gasteiger partial charge in [0.25, 0.3) is 0 Å². The van der Waals surface area contributed by atoms with Crippen LogP contribution in [0, 0.1) is 0 Å². The molecule has 0 radical (unpaired) electrons. The van der Waals surface area contributed by atoms with Crippen LogP contribution in [0.1, 0.15) is 12.8 Å². The molecule has 0 spiro atoms. The van der Waals surface area contributed by atoms with Crippen LogP contribution in [0.25, 0.3) is 0 Å². The van der Waals surface area contributed by atoms with Gasteiger partial charge in [0.2, 0.25) is 0 Å². The molecule has 0 aromatic heterocycles. The number of methoxy groups -OCH3 is 2. The molecule has 40 heavy (non-hydrogen) atoms. The van der Waals surface area contributed by atoms with E-state index in [0.29, 0.717) is 22.5 Å². The lowest BCUT2D eigenvalue weighted by Crippen LogP contribution is -2.31. The Morgan fingerprint density at radius 3 is 0.950 bits per heavy atom. The van der Waals surface area contributed by atoms with Crippen LogP contribution in [0.4, 0.5) is 22.7 Å². The molecule has 0 amide bonds. The Morgan fingerprint density at radius 1 is 0.475 bits per heavy atom. The van der Waals surface area contributed by atoms with Gasteiger partial charge in [-0.3, -0.25) is 0 Å². The number of ether oxygens (including phenoxy) is 2. The lowest BCUT2D eigenvalue weighted by Gasteiger charge is -2.37. The highest BCUT2D eigenvalue weighted by molar-refractivity contribution is 5.98. The molecule has 0 aliphatic heterocycles. The van der Waals surface area contributed by atoms with Gasteiger partial charge in [-0.15, -0.1) is 0 Å². The zero-order chi connectivity index (χ0) is 27.9. The predicted molar refractivity (Wildman–Crippen MR) is 157 cm³/mol. The summed E-state index contributed by atoms with van der Waals surface area (Å²) in [6.07, 6.45) is 0.318. The van der Waals surface area contributed by atoms with Crippen molar-refractivity contribution in [3.05, 3.63) is 144 Å². The van der Waals surface area contributed by atoms with E-state index in [2.05, 4.69) is 0 Å². The molecule has 5 rings (SSSR count). The van der Waals surface area contributed by atoms with Crippen molar-refractivity contribution in [3.8, 4) is 0 Å². The SMILES string of the molecule is COC(=O)C1=C(N(c2ccccc2)c2ccccc2)CC(C(=O)OC)=C(N(c2ccccc2)c2ccccc2)C1. The maximum absolute atomic E-state index is 13.5. The van der Waals surface area contributed by atoms with Crippen molar-refractivity contribution in [1.29, 1.82) is 0 Å². The fraction of sp³-hybridized carbons (Fsp3) is 0.118. The van der Waals surface area contributed by atoms with Gasteiger partial charge in [-0.05, 0) is 48.5 Å². The number of rotatable bonds is 8. The number of allylic oxidation sites excluding steroid dienone is 2. The van der Waals surface area contributed by atoms with E-state index in [1.54, 1.807) is 0 Å². The molecule has 0 atom stereocenters. The Morgan fingerprint density at radius 2 is 0.725 bits per heavy atom. The van der Waals surface area contributed by atoms with Gasteiger partial charge in [-0.1, -0.05) is 72.8 Å². The molecule has 0 fully saturated rings. The molecule has 4 aromatic carbocycles. The molecule has 0 N–H and O–H groups in total. The van der Waals surface area contributed by atoms with Crippen molar-refractivity contribution in [3.63, 3.8) is 0 Å². The number of esters is 2. The average molecular weight is 531 g/mol. The van der Waals surface area contributed by atoms with E-state index < -0.39 is 11.9 Å². The van der Waals surface area contributed by atoms with Crippen molar-refractivity contribution in [2.24, 2.45) is 0 Å². The molecule has 1 aliphatic rings. The van der Waals surface area contributed by atoms with E-state index in [9.17, 15) is 9.59 Å². The molecule has 6 nitrogen and oxygen atoms in total. The fourth-order valence-electron chi connectivity index (χ4n) is 5.04. The first-order valence-electron chi connectivity index (χ1n) is 13.0. The van der Waals surface area contributed by atoms with Crippen molar-refractivity contribution < 1.29 is 19.1 Å². The Kier molecular flexibility index (Phi) is 8.07. The zero-order valence-electron chi connectivity index (χ0n) is 22.5. The summed E-state index contributed by atoms with van der Waals surface area (Å²) >= 11 is 0. The van der Waals surface area contributed by atoms with Gasteiger partial charge in [-0.25, -0.2) is 9.59 Å². The van der Waals surface area contributed by atoms with Crippen molar-refractivity contribution >= 4 is 34.7 Å². The highest BCUT2D eigenvalue weighted by atomic mass is 16.5. The van der Waals surface area contributed by atoms with Crippen molar-refractivity contribution in [2.75, 3.05) is 24.0 Å². The summed E-state index contributed by atoms with van der Waals surface area (Å²) in [5, 5.41) is 0. The zero-order valence-corrected chi connectivity index (χ0v) is 22.5. The van der Waals surface area contributed by atoms with Gasteiger partial charge >= 0.3 is 11.9 Å². The average Bonchev–Trinajstić information content (AvgIpc) is 3.03. The third kappa shape index (κ3) is 5.38. The molecule has 6 heteroatoms. The summed E-state index contributed by atoms with van der Waals surface area (Å²) < 4.78 is 10.6. The molecule has 200 valence electrons. The summed E-state index contributed by atoms with van der Waals surface area (Å²) in [6.45, 7) is 0. The van der Waals surface area contributed by atoms with Crippen LogP contribution in [0.3, 0.4) is 0 Å². The number of nitrogens with zero attached hydrogens (tertiary/aromatic N) is 2. The molecular formula is C34H30N2O4. The van der Waals surface area contributed by atoms with Gasteiger partial charge in [0, 0.05) is 47.0 Å². The molecule has 0 saturated heterocycles. The first-order valence-corrected chi connectivity index (χ1v) is 13.0. The van der Waals surface area contributed by atoms with Crippen molar-refractivity contribution in [2.45, 2.75) is 12.8 Å². The molecule has 4 aromatic rings. The Balaban J connectivity index is 1.74. The lowest BCUT2D eigenvalue weighted by atomic mass is 9.90. The molecule has 1 aliphatic carbocycles. The second kappa shape index (κ2) is 12.2. The number of benzene rings is 4. The number of carbonyl (C=O) groups is 2. The monoisotopic (exact) mass is 530 g/mol. The third-order valence-electron chi connectivity index (χ3n) is 6.85. The normalized spacial score (nSPS) is 13.1. The van der Waals surface area contributed by atoms with Gasteiger partial charge in [0.05, 0.1) is 25.4 Å². The number of hydrogen-bond donors (Lipinski definition) is 0. The first kappa shape index (κ1) is 26.5. The van der Waals surface area contributed by atoms with Crippen LogP contribution in [0.15, 0.2) is 144 Å². The van der Waals surface area contributed by atoms with E-state index in [1.807, 2.05) is 131 Å². The maximum Gasteiger partial charge on any atom is 0.335 e. The van der Waals surface area contributed by atoms with Gasteiger partial charge in [0.15, 0.2) is 0 Å². The van der Waals surface area contributed by atoms with Crippen LogP contribution in [0.2, 0.25) is 0 Å². The number of para-hydroxylation sites is 4. The van der Waals surface area contributed by atoms with E-state index in [1.165, 1.54) is 14.2 Å². The minimum atomic E-state index is -0.450. The number of anilines is 4. The lowest BCUT2D eigenvalue weighted by molar-refractivity contribution is -0.137. The Hall–Kier alpha value is -5.10. The standard InChI is InChI=1S/C34H30N2O4/c1-39-33(37)29-23-32(36(27-19-11-5-12-20-27)28-21-13-6-14-22-28)30(34(38)40-2)24-31(29)35(25-15-7-3-8-16-25)26-17-9-4-10-18-26/h3-22H,23-24H2,1-2H3. The fourth-order valence-corrected chi connectivity index (χ4v) is 5.04. The van der Waals surface area contributed by atoms with E-state index in [4.69, 9.17) is 9.47 Å². The maximum atomic E-state index is 13.5. The molecule has 0 saturated carbocycles. The van der Waals surface area contributed by atoms with Crippen LogP contribution in [0.5, 0.6) is 0 Å².